The second kappa shape index (κ2) is 8.20. The van der Waals surface area contributed by atoms with Crippen LogP contribution in [0.3, 0.4) is 0 Å². The summed E-state index contributed by atoms with van der Waals surface area (Å²) in [6, 6.07) is 23.0. The first kappa shape index (κ1) is 19.8. The first-order valence-electron chi connectivity index (χ1n) is 10.5. The molecule has 4 nitrogen and oxygen atoms in total. The molecule has 3 aromatic rings. The predicted octanol–water partition coefficient (Wildman–Crippen LogP) is 5.56. The molecule has 2 aliphatic heterocycles. The van der Waals surface area contributed by atoms with Crippen LogP contribution in [0, 0.1) is 0 Å². The van der Waals surface area contributed by atoms with Crippen molar-refractivity contribution < 1.29 is 9.47 Å². The van der Waals surface area contributed by atoms with Gasteiger partial charge in [0, 0.05) is 34.9 Å². The molecule has 0 saturated carbocycles. The minimum absolute atomic E-state index is 0.758. The van der Waals surface area contributed by atoms with Gasteiger partial charge in [0.05, 0.1) is 26.6 Å². The van der Waals surface area contributed by atoms with E-state index in [1.165, 1.54) is 33.6 Å². The molecule has 0 fully saturated rings. The lowest BCUT2D eigenvalue weighted by Gasteiger charge is -2.44. The molecule has 3 aromatic carbocycles. The minimum atomic E-state index is 0.758. The molecular formula is C26H25ClN2O2. The fourth-order valence-corrected chi connectivity index (χ4v) is 4.72. The second-order valence-corrected chi connectivity index (χ2v) is 8.32. The molecular weight excluding hydrogens is 408 g/mol. The maximum atomic E-state index is 6.13. The normalized spacial score (nSPS) is 15.5. The molecule has 158 valence electrons. The standard InChI is InChI=1S/C26H25ClN2O2/c1-30-24-14-19-12-13-28-17-29(21-10-8-20(27)9-11-21)16-23(18-6-4-3-5-7-18)26(28)22(19)15-25(24)31-2/h3-11,14-15H,12-13,16-17H2,1-2H3. The zero-order chi connectivity index (χ0) is 21.4. The molecule has 2 aliphatic rings. The van der Waals surface area contributed by atoms with E-state index >= 15 is 0 Å². The lowest BCUT2D eigenvalue weighted by Crippen LogP contribution is -2.45. The third kappa shape index (κ3) is 3.61. The largest absolute Gasteiger partial charge is 0.493 e. The Labute approximate surface area is 188 Å². The van der Waals surface area contributed by atoms with Crippen molar-refractivity contribution in [2.45, 2.75) is 6.42 Å². The van der Waals surface area contributed by atoms with Crippen LogP contribution in [0.5, 0.6) is 11.5 Å². The Morgan fingerprint density at radius 2 is 1.55 bits per heavy atom. The summed E-state index contributed by atoms with van der Waals surface area (Å²) in [5.41, 5.74) is 7.56. The Morgan fingerprint density at radius 1 is 0.839 bits per heavy atom. The zero-order valence-corrected chi connectivity index (χ0v) is 18.5. The fourth-order valence-electron chi connectivity index (χ4n) is 4.59. The van der Waals surface area contributed by atoms with Crippen LogP contribution >= 0.6 is 11.6 Å². The van der Waals surface area contributed by atoms with E-state index in [2.05, 4.69) is 64.4 Å². The average molecular weight is 433 g/mol. The quantitative estimate of drug-likeness (QED) is 0.538. The van der Waals surface area contributed by atoms with Crippen LogP contribution in [0.2, 0.25) is 5.02 Å². The predicted molar refractivity (Wildman–Crippen MR) is 127 cm³/mol. The van der Waals surface area contributed by atoms with Gasteiger partial charge < -0.3 is 19.3 Å². The zero-order valence-electron chi connectivity index (χ0n) is 17.8. The van der Waals surface area contributed by atoms with Gasteiger partial charge in [-0.2, -0.15) is 0 Å². The number of hydrogen-bond donors (Lipinski definition) is 0. The summed E-state index contributed by atoms with van der Waals surface area (Å²) in [7, 11) is 3.39. The van der Waals surface area contributed by atoms with Crippen molar-refractivity contribution in [3.8, 4) is 11.5 Å². The molecule has 31 heavy (non-hydrogen) atoms. The summed E-state index contributed by atoms with van der Waals surface area (Å²) in [5, 5.41) is 0.758. The van der Waals surface area contributed by atoms with E-state index in [-0.39, 0.29) is 0 Å². The maximum absolute atomic E-state index is 6.13. The van der Waals surface area contributed by atoms with Gasteiger partial charge in [-0.1, -0.05) is 41.9 Å². The van der Waals surface area contributed by atoms with Gasteiger partial charge >= 0.3 is 0 Å². The smallest absolute Gasteiger partial charge is 0.161 e. The van der Waals surface area contributed by atoms with Crippen LogP contribution in [-0.2, 0) is 6.42 Å². The van der Waals surface area contributed by atoms with Crippen molar-refractivity contribution in [1.29, 1.82) is 0 Å². The second-order valence-electron chi connectivity index (χ2n) is 7.89. The summed E-state index contributed by atoms with van der Waals surface area (Å²) in [4.78, 5) is 4.89. The van der Waals surface area contributed by atoms with Gasteiger partial charge in [-0.15, -0.1) is 0 Å². The lowest BCUT2D eigenvalue weighted by molar-refractivity contribution is 0.350. The number of fused-ring (bicyclic) bond motifs is 3. The van der Waals surface area contributed by atoms with Crippen LogP contribution < -0.4 is 14.4 Å². The van der Waals surface area contributed by atoms with Gasteiger partial charge in [-0.25, -0.2) is 0 Å². The summed E-state index contributed by atoms with van der Waals surface area (Å²) < 4.78 is 11.2. The van der Waals surface area contributed by atoms with Gasteiger partial charge in [0.15, 0.2) is 11.5 Å². The highest BCUT2D eigenvalue weighted by Crippen LogP contribution is 2.43. The van der Waals surface area contributed by atoms with E-state index in [1.807, 2.05) is 12.1 Å². The summed E-state index contributed by atoms with van der Waals surface area (Å²) in [6.45, 7) is 2.62. The van der Waals surface area contributed by atoms with E-state index in [0.717, 1.165) is 42.7 Å². The van der Waals surface area contributed by atoms with E-state index in [1.54, 1.807) is 14.2 Å². The highest BCUT2D eigenvalue weighted by Gasteiger charge is 2.32. The molecule has 0 aromatic heterocycles. The SMILES string of the molecule is COc1cc2c(cc1OC)C1=C(c3ccccc3)CN(c3ccc(Cl)cc3)CN1CC2. The van der Waals surface area contributed by atoms with Gasteiger partial charge in [0.25, 0.3) is 0 Å². The van der Waals surface area contributed by atoms with E-state index < -0.39 is 0 Å². The molecule has 0 bridgehead atoms. The third-order valence-electron chi connectivity index (χ3n) is 6.12. The Hall–Kier alpha value is -3.11. The molecule has 0 spiro atoms. The van der Waals surface area contributed by atoms with Crippen molar-refractivity contribution in [1.82, 2.24) is 4.90 Å². The van der Waals surface area contributed by atoms with Crippen molar-refractivity contribution in [2.24, 2.45) is 0 Å². The van der Waals surface area contributed by atoms with Crippen molar-refractivity contribution in [3.05, 3.63) is 88.4 Å². The van der Waals surface area contributed by atoms with Gasteiger partial charge in [-0.05, 0) is 53.9 Å². The topological polar surface area (TPSA) is 24.9 Å². The number of benzene rings is 3. The third-order valence-corrected chi connectivity index (χ3v) is 6.37. The molecule has 5 rings (SSSR count). The first-order valence-corrected chi connectivity index (χ1v) is 10.8. The maximum Gasteiger partial charge on any atom is 0.161 e. The Bertz CT molecular complexity index is 1130. The molecule has 0 saturated heterocycles. The first-order chi connectivity index (χ1) is 15.2. The van der Waals surface area contributed by atoms with Crippen LogP contribution in [0.1, 0.15) is 16.7 Å². The molecule has 2 heterocycles. The summed E-state index contributed by atoms with van der Waals surface area (Å²) >= 11 is 6.13. The van der Waals surface area contributed by atoms with E-state index in [0.29, 0.717) is 0 Å². The van der Waals surface area contributed by atoms with Crippen molar-refractivity contribution in [2.75, 3.05) is 38.9 Å². The highest BCUT2D eigenvalue weighted by molar-refractivity contribution is 6.30. The lowest BCUT2D eigenvalue weighted by atomic mass is 9.89. The monoisotopic (exact) mass is 432 g/mol. The van der Waals surface area contributed by atoms with Gasteiger partial charge in [0.2, 0.25) is 0 Å². The molecule has 0 radical (unpaired) electrons. The molecule has 0 N–H and O–H groups in total. The Morgan fingerprint density at radius 3 is 2.26 bits per heavy atom. The Kier molecular flexibility index (Phi) is 5.24. The van der Waals surface area contributed by atoms with Crippen molar-refractivity contribution in [3.63, 3.8) is 0 Å². The number of methoxy groups -OCH3 is 2. The van der Waals surface area contributed by atoms with Crippen LogP contribution in [-0.4, -0.2) is 38.9 Å². The summed E-state index contributed by atoms with van der Waals surface area (Å²) in [5.74, 6) is 1.55. The van der Waals surface area contributed by atoms with Gasteiger partial charge in [-0.3, -0.25) is 0 Å². The fraction of sp³-hybridized carbons (Fsp3) is 0.231. The molecule has 5 heteroatoms. The van der Waals surface area contributed by atoms with Gasteiger partial charge in [0.1, 0.15) is 0 Å². The van der Waals surface area contributed by atoms with Crippen LogP contribution in [0.15, 0.2) is 66.7 Å². The van der Waals surface area contributed by atoms with Crippen LogP contribution in [0.25, 0.3) is 11.3 Å². The highest BCUT2D eigenvalue weighted by atomic mass is 35.5. The molecule has 0 amide bonds. The van der Waals surface area contributed by atoms with Crippen molar-refractivity contribution >= 4 is 28.6 Å². The van der Waals surface area contributed by atoms with E-state index in [9.17, 15) is 0 Å². The van der Waals surface area contributed by atoms with Crippen LogP contribution in [0.4, 0.5) is 5.69 Å². The Balaban J connectivity index is 1.67. The number of nitrogens with zero attached hydrogens (tertiary/aromatic N) is 2. The number of ether oxygens (including phenoxy) is 2. The molecule has 0 aliphatic carbocycles. The average Bonchev–Trinajstić information content (AvgIpc) is 2.83. The number of rotatable bonds is 4. The molecule has 0 unspecified atom stereocenters. The number of hydrogen-bond acceptors (Lipinski definition) is 4. The minimum Gasteiger partial charge on any atom is -0.493 e. The summed E-state index contributed by atoms with van der Waals surface area (Å²) in [6.07, 6.45) is 0.968. The number of anilines is 1. The number of halogens is 1. The molecule has 0 atom stereocenters. The van der Waals surface area contributed by atoms with E-state index in [4.69, 9.17) is 21.1 Å².